The number of nitrogens with two attached hydrogens (primary N) is 1. The highest BCUT2D eigenvalue weighted by Gasteiger charge is 2.19. The average Bonchev–Trinajstić information content (AvgIpc) is 3.29. The van der Waals surface area contributed by atoms with Crippen molar-refractivity contribution in [2.45, 2.75) is 6.42 Å². The van der Waals surface area contributed by atoms with E-state index in [4.69, 9.17) is 49.7 Å². The number of ether oxygens (including phenoxy) is 1. The summed E-state index contributed by atoms with van der Waals surface area (Å²) in [5, 5.41) is 10.2. The lowest BCUT2D eigenvalue weighted by Crippen LogP contribution is -1.98. The van der Waals surface area contributed by atoms with Crippen LogP contribution in [0.5, 0.6) is 11.5 Å². The highest BCUT2D eigenvalue weighted by Crippen LogP contribution is 2.36. The summed E-state index contributed by atoms with van der Waals surface area (Å²) < 4.78 is 26.8. The molecule has 0 atom stereocenters. The van der Waals surface area contributed by atoms with Crippen LogP contribution in [0.4, 0.5) is 10.1 Å². The number of thiophene rings is 1. The fraction of sp³-hybridized carbons (Fsp3) is 0.0526. The molecule has 2 aromatic carbocycles. The SMILES string of the molecule is Nc1cc(Cl)cc(Oc2c(Cl)ccc(Cc3nnc(-c4ccsc4Cl)o3)c2F)c1. The monoisotopic (exact) mass is 469 g/mol. The smallest absolute Gasteiger partial charge is 0.250 e. The Bertz CT molecular complexity index is 1180. The van der Waals surface area contributed by atoms with Crippen LogP contribution in [0.3, 0.4) is 0 Å². The Morgan fingerprint density at radius 3 is 2.66 bits per heavy atom. The molecule has 148 valence electrons. The fourth-order valence-electron chi connectivity index (χ4n) is 2.61. The van der Waals surface area contributed by atoms with E-state index in [0.717, 1.165) is 0 Å². The van der Waals surface area contributed by atoms with E-state index in [1.165, 1.54) is 35.6 Å². The van der Waals surface area contributed by atoms with E-state index in [-0.39, 0.29) is 40.3 Å². The summed E-state index contributed by atoms with van der Waals surface area (Å²) >= 11 is 19.5. The molecule has 0 aliphatic rings. The molecule has 0 unspecified atom stereocenters. The van der Waals surface area contributed by atoms with Gasteiger partial charge in [-0.05, 0) is 29.6 Å². The van der Waals surface area contributed by atoms with Crippen molar-refractivity contribution in [3.63, 3.8) is 0 Å². The zero-order valence-corrected chi connectivity index (χ0v) is 17.5. The van der Waals surface area contributed by atoms with E-state index >= 15 is 4.39 Å². The molecule has 29 heavy (non-hydrogen) atoms. The molecular formula is C19H11Cl3FN3O2S. The molecule has 2 heterocycles. The number of hydrogen-bond acceptors (Lipinski definition) is 6. The third-order valence-corrected chi connectivity index (χ3v) is 5.59. The first-order chi connectivity index (χ1) is 13.9. The lowest BCUT2D eigenvalue weighted by Gasteiger charge is -2.12. The van der Waals surface area contributed by atoms with Crippen LogP contribution in [-0.2, 0) is 6.42 Å². The predicted octanol–water partition coefficient (Wildman–Crippen LogP) is 6.86. The molecule has 2 aromatic heterocycles. The molecule has 0 fully saturated rings. The summed E-state index contributed by atoms with van der Waals surface area (Å²) in [5.41, 5.74) is 7.03. The van der Waals surface area contributed by atoms with Crippen molar-refractivity contribution < 1.29 is 13.5 Å². The van der Waals surface area contributed by atoms with Gasteiger partial charge in [0.15, 0.2) is 11.6 Å². The van der Waals surface area contributed by atoms with Crippen LogP contribution >= 0.6 is 46.1 Å². The van der Waals surface area contributed by atoms with Gasteiger partial charge in [0.05, 0.1) is 17.0 Å². The van der Waals surface area contributed by atoms with E-state index < -0.39 is 5.82 Å². The van der Waals surface area contributed by atoms with Crippen molar-refractivity contribution >= 4 is 51.8 Å². The second kappa shape index (κ2) is 8.20. The number of aromatic nitrogens is 2. The van der Waals surface area contributed by atoms with Crippen LogP contribution < -0.4 is 10.5 Å². The van der Waals surface area contributed by atoms with Gasteiger partial charge in [0.2, 0.25) is 11.8 Å². The first-order valence-corrected chi connectivity index (χ1v) is 10.2. The maximum atomic E-state index is 15.1. The summed E-state index contributed by atoms with van der Waals surface area (Å²) in [6, 6.07) is 9.40. The first-order valence-electron chi connectivity index (χ1n) is 8.17. The lowest BCUT2D eigenvalue weighted by molar-refractivity contribution is 0.437. The van der Waals surface area contributed by atoms with Crippen molar-refractivity contribution in [2.75, 3.05) is 5.73 Å². The summed E-state index contributed by atoms with van der Waals surface area (Å²) in [6.07, 6.45) is 0.0474. The third-order valence-electron chi connectivity index (χ3n) is 3.90. The number of benzene rings is 2. The number of nitrogens with zero attached hydrogens (tertiary/aromatic N) is 2. The zero-order valence-electron chi connectivity index (χ0n) is 14.5. The van der Waals surface area contributed by atoms with Gasteiger partial charge in [-0.1, -0.05) is 40.9 Å². The molecule has 4 rings (SSSR count). The number of halogens is 4. The fourth-order valence-corrected chi connectivity index (χ4v) is 3.93. The summed E-state index contributed by atoms with van der Waals surface area (Å²) in [4.78, 5) is 0. The molecule has 2 N–H and O–H groups in total. The second-order valence-electron chi connectivity index (χ2n) is 5.96. The van der Waals surface area contributed by atoms with Crippen LogP contribution in [0.15, 0.2) is 46.2 Å². The standard InChI is InChI=1S/C19H11Cl3FN3O2S/c20-10-6-11(24)8-12(7-10)27-17-14(21)2-1-9(16(17)23)5-15-25-26-19(28-15)13-3-4-29-18(13)22/h1-4,6-8H,5,24H2. The Morgan fingerprint density at radius 1 is 1.10 bits per heavy atom. The Morgan fingerprint density at radius 2 is 1.93 bits per heavy atom. The molecule has 0 spiro atoms. The highest BCUT2D eigenvalue weighted by atomic mass is 35.5. The lowest BCUT2D eigenvalue weighted by atomic mass is 10.1. The van der Waals surface area contributed by atoms with Crippen LogP contribution in [0.2, 0.25) is 14.4 Å². The van der Waals surface area contributed by atoms with Crippen LogP contribution in [0.1, 0.15) is 11.5 Å². The van der Waals surface area contributed by atoms with Crippen LogP contribution in [-0.4, -0.2) is 10.2 Å². The molecule has 0 bridgehead atoms. The van der Waals surface area contributed by atoms with Crippen LogP contribution in [0.25, 0.3) is 11.5 Å². The van der Waals surface area contributed by atoms with E-state index in [0.29, 0.717) is 20.6 Å². The minimum atomic E-state index is -0.649. The number of anilines is 1. The molecule has 5 nitrogen and oxygen atoms in total. The van der Waals surface area contributed by atoms with E-state index in [1.807, 2.05) is 5.38 Å². The van der Waals surface area contributed by atoms with Crippen molar-refractivity contribution in [3.05, 3.63) is 73.4 Å². The second-order valence-corrected chi connectivity index (χ2v) is 8.32. The summed E-state index contributed by atoms with van der Waals surface area (Å²) in [7, 11) is 0. The maximum Gasteiger partial charge on any atom is 0.250 e. The minimum absolute atomic E-state index is 0.0474. The van der Waals surface area contributed by atoms with Crippen LogP contribution in [0, 0.1) is 5.82 Å². The van der Waals surface area contributed by atoms with Gasteiger partial charge in [-0.25, -0.2) is 4.39 Å². The van der Waals surface area contributed by atoms with Gasteiger partial charge in [-0.15, -0.1) is 21.5 Å². The van der Waals surface area contributed by atoms with Crippen molar-refractivity contribution in [3.8, 4) is 23.0 Å². The first kappa shape index (κ1) is 20.0. The van der Waals surface area contributed by atoms with E-state index in [9.17, 15) is 0 Å². The van der Waals surface area contributed by atoms with Gasteiger partial charge in [0, 0.05) is 22.3 Å². The van der Waals surface area contributed by atoms with E-state index in [1.54, 1.807) is 12.1 Å². The molecule has 0 aliphatic carbocycles. The Hall–Kier alpha value is -2.32. The predicted molar refractivity (Wildman–Crippen MR) is 113 cm³/mol. The summed E-state index contributed by atoms with van der Waals surface area (Å²) in [6.45, 7) is 0. The quantitative estimate of drug-likeness (QED) is 0.322. The van der Waals surface area contributed by atoms with Gasteiger partial charge in [-0.2, -0.15) is 0 Å². The Kier molecular flexibility index (Phi) is 5.65. The van der Waals surface area contributed by atoms with Gasteiger partial charge in [-0.3, -0.25) is 0 Å². The molecule has 0 amide bonds. The maximum absolute atomic E-state index is 15.1. The number of nitrogen functional groups attached to an aromatic ring is 1. The number of rotatable bonds is 5. The zero-order chi connectivity index (χ0) is 20.5. The van der Waals surface area contributed by atoms with E-state index in [2.05, 4.69) is 10.2 Å². The largest absolute Gasteiger partial charge is 0.453 e. The average molecular weight is 471 g/mol. The highest BCUT2D eigenvalue weighted by molar-refractivity contribution is 7.15. The summed E-state index contributed by atoms with van der Waals surface area (Å²) in [5.74, 6) is -0.0381. The molecule has 4 aromatic rings. The number of hydrogen-bond donors (Lipinski definition) is 1. The van der Waals surface area contributed by atoms with Crippen molar-refractivity contribution in [1.29, 1.82) is 0 Å². The molecule has 0 radical (unpaired) electrons. The Labute approximate surface area is 183 Å². The van der Waals surface area contributed by atoms with Crippen molar-refractivity contribution in [2.24, 2.45) is 0 Å². The Balaban J connectivity index is 1.62. The minimum Gasteiger partial charge on any atom is -0.453 e. The van der Waals surface area contributed by atoms with Gasteiger partial charge >= 0.3 is 0 Å². The van der Waals surface area contributed by atoms with Gasteiger partial charge in [0.1, 0.15) is 10.1 Å². The molecule has 0 aliphatic heterocycles. The molecular weight excluding hydrogens is 460 g/mol. The topological polar surface area (TPSA) is 74.2 Å². The molecule has 10 heteroatoms. The molecule has 0 saturated carbocycles. The third kappa shape index (κ3) is 4.33. The molecule has 0 saturated heterocycles. The van der Waals surface area contributed by atoms with Gasteiger partial charge < -0.3 is 14.9 Å². The van der Waals surface area contributed by atoms with Gasteiger partial charge in [0.25, 0.3) is 0 Å². The van der Waals surface area contributed by atoms with Crippen molar-refractivity contribution in [1.82, 2.24) is 10.2 Å². The normalized spacial score (nSPS) is 11.0.